The number of aliphatic hydroxyl groups is 1. The van der Waals surface area contributed by atoms with Crippen LogP contribution >= 0.6 is 0 Å². The molecule has 0 aromatic carbocycles. The molecule has 14 heavy (non-hydrogen) atoms. The van der Waals surface area contributed by atoms with E-state index in [2.05, 4.69) is 27.7 Å². The van der Waals surface area contributed by atoms with Crippen molar-refractivity contribution in [3.8, 4) is 0 Å². The van der Waals surface area contributed by atoms with Gasteiger partial charge in [-0.3, -0.25) is 0 Å². The maximum Gasteiger partial charge on any atom is 0.0670 e. The SMILES string of the molecule is CC(C)C1(O)CCC1.CC(C)C1CC1. The Hall–Kier alpha value is -0.0400. The van der Waals surface area contributed by atoms with Crippen LogP contribution in [0, 0.1) is 17.8 Å². The summed E-state index contributed by atoms with van der Waals surface area (Å²) in [6.45, 7) is 8.77. The van der Waals surface area contributed by atoms with Gasteiger partial charge in [-0.15, -0.1) is 0 Å². The summed E-state index contributed by atoms with van der Waals surface area (Å²) in [5, 5.41) is 9.49. The van der Waals surface area contributed by atoms with Gasteiger partial charge in [0, 0.05) is 0 Å². The first kappa shape index (κ1) is 12.0. The standard InChI is InChI=1S/C7H14O.C6H12/c1-6(2)7(8)4-3-5-7;1-5(2)6-3-4-6/h6,8H,3-5H2,1-2H3;5-6H,3-4H2,1-2H3. The fourth-order valence-corrected chi connectivity index (χ4v) is 1.88. The Bertz CT molecular complexity index is 164. The Balaban J connectivity index is 0.000000146. The largest absolute Gasteiger partial charge is 0.390 e. The molecule has 84 valence electrons. The Morgan fingerprint density at radius 1 is 1.07 bits per heavy atom. The molecule has 1 nitrogen and oxygen atoms in total. The fraction of sp³-hybridized carbons (Fsp3) is 1.00. The average Bonchev–Trinajstić information content (AvgIpc) is 2.82. The molecule has 2 fully saturated rings. The number of hydrogen-bond acceptors (Lipinski definition) is 1. The molecule has 0 aromatic rings. The van der Waals surface area contributed by atoms with E-state index in [0.717, 1.165) is 24.7 Å². The molecule has 0 aliphatic heterocycles. The van der Waals surface area contributed by atoms with Crippen LogP contribution in [0.3, 0.4) is 0 Å². The molecule has 0 bridgehead atoms. The topological polar surface area (TPSA) is 20.2 Å². The highest BCUT2D eigenvalue weighted by molar-refractivity contribution is 4.89. The van der Waals surface area contributed by atoms with E-state index in [0.29, 0.717) is 5.92 Å². The summed E-state index contributed by atoms with van der Waals surface area (Å²) in [6, 6.07) is 0. The van der Waals surface area contributed by atoms with E-state index in [1.807, 2.05) is 0 Å². The van der Waals surface area contributed by atoms with Crippen molar-refractivity contribution in [3.05, 3.63) is 0 Å². The van der Waals surface area contributed by atoms with Crippen molar-refractivity contribution in [2.75, 3.05) is 0 Å². The summed E-state index contributed by atoms with van der Waals surface area (Å²) in [4.78, 5) is 0. The second kappa shape index (κ2) is 4.65. The maximum atomic E-state index is 9.49. The van der Waals surface area contributed by atoms with Gasteiger partial charge in [0.25, 0.3) is 0 Å². The lowest BCUT2D eigenvalue weighted by Gasteiger charge is -2.40. The molecule has 1 heteroatoms. The third kappa shape index (κ3) is 3.27. The highest BCUT2D eigenvalue weighted by atomic mass is 16.3. The van der Waals surface area contributed by atoms with Gasteiger partial charge in [0.15, 0.2) is 0 Å². The summed E-state index contributed by atoms with van der Waals surface area (Å²) < 4.78 is 0. The monoisotopic (exact) mass is 198 g/mol. The van der Waals surface area contributed by atoms with Gasteiger partial charge in [-0.25, -0.2) is 0 Å². The first-order valence-corrected chi connectivity index (χ1v) is 6.18. The average molecular weight is 198 g/mol. The van der Waals surface area contributed by atoms with Gasteiger partial charge < -0.3 is 5.11 Å². The minimum absolute atomic E-state index is 0.278. The molecular formula is C13H26O. The Morgan fingerprint density at radius 2 is 1.57 bits per heavy atom. The van der Waals surface area contributed by atoms with Crippen molar-refractivity contribution in [2.45, 2.75) is 65.4 Å². The molecule has 0 saturated heterocycles. The van der Waals surface area contributed by atoms with Crippen LogP contribution in [-0.4, -0.2) is 10.7 Å². The van der Waals surface area contributed by atoms with Gasteiger partial charge in [0.05, 0.1) is 5.60 Å². The third-order valence-corrected chi connectivity index (χ3v) is 3.86. The lowest BCUT2D eigenvalue weighted by atomic mass is 9.73. The zero-order chi connectivity index (χ0) is 10.8. The van der Waals surface area contributed by atoms with E-state index in [1.54, 1.807) is 0 Å². The summed E-state index contributed by atoms with van der Waals surface area (Å²) in [6.07, 6.45) is 6.25. The zero-order valence-electron chi connectivity index (χ0n) is 10.2. The van der Waals surface area contributed by atoms with Crippen molar-refractivity contribution >= 4 is 0 Å². The van der Waals surface area contributed by atoms with Crippen LogP contribution in [0.25, 0.3) is 0 Å². The van der Waals surface area contributed by atoms with Crippen LogP contribution in [0.1, 0.15) is 59.8 Å². The van der Waals surface area contributed by atoms with E-state index in [1.165, 1.54) is 19.3 Å². The molecule has 2 saturated carbocycles. The molecule has 0 atom stereocenters. The van der Waals surface area contributed by atoms with E-state index in [-0.39, 0.29) is 5.60 Å². The zero-order valence-corrected chi connectivity index (χ0v) is 10.2. The third-order valence-electron chi connectivity index (χ3n) is 3.86. The van der Waals surface area contributed by atoms with E-state index < -0.39 is 0 Å². The van der Waals surface area contributed by atoms with Crippen LogP contribution < -0.4 is 0 Å². The highest BCUT2D eigenvalue weighted by Crippen LogP contribution is 2.37. The lowest BCUT2D eigenvalue weighted by molar-refractivity contribution is -0.0719. The Morgan fingerprint density at radius 3 is 1.57 bits per heavy atom. The van der Waals surface area contributed by atoms with Gasteiger partial charge >= 0.3 is 0 Å². The minimum Gasteiger partial charge on any atom is -0.390 e. The summed E-state index contributed by atoms with van der Waals surface area (Å²) in [7, 11) is 0. The van der Waals surface area contributed by atoms with Crippen LogP contribution in [0.2, 0.25) is 0 Å². The quantitative estimate of drug-likeness (QED) is 0.718. The Labute approximate surface area is 88.9 Å². The molecule has 2 aliphatic rings. The van der Waals surface area contributed by atoms with Gasteiger partial charge in [-0.05, 0) is 49.9 Å². The fourth-order valence-electron chi connectivity index (χ4n) is 1.88. The van der Waals surface area contributed by atoms with Gasteiger partial charge in [-0.2, -0.15) is 0 Å². The molecular weight excluding hydrogens is 172 g/mol. The second-order valence-electron chi connectivity index (χ2n) is 5.69. The van der Waals surface area contributed by atoms with Crippen molar-refractivity contribution in [3.63, 3.8) is 0 Å². The van der Waals surface area contributed by atoms with Crippen molar-refractivity contribution in [2.24, 2.45) is 17.8 Å². The maximum absolute atomic E-state index is 9.49. The minimum atomic E-state index is -0.278. The molecule has 0 radical (unpaired) electrons. The van der Waals surface area contributed by atoms with Gasteiger partial charge in [0.2, 0.25) is 0 Å². The van der Waals surface area contributed by atoms with Crippen molar-refractivity contribution < 1.29 is 5.11 Å². The Kier molecular flexibility index (Phi) is 4.00. The molecule has 2 rings (SSSR count). The summed E-state index contributed by atoms with van der Waals surface area (Å²) >= 11 is 0. The number of rotatable bonds is 2. The molecule has 0 aromatic heterocycles. The molecule has 1 N–H and O–H groups in total. The first-order chi connectivity index (χ1) is 6.46. The predicted octanol–water partition coefficient (Wildman–Crippen LogP) is 3.61. The van der Waals surface area contributed by atoms with Gasteiger partial charge in [0.1, 0.15) is 0 Å². The molecule has 0 unspecified atom stereocenters. The van der Waals surface area contributed by atoms with Gasteiger partial charge in [-0.1, -0.05) is 27.7 Å². The second-order valence-corrected chi connectivity index (χ2v) is 5.69. The van der Waals surface area contributed by atoms with E-state index in [4.69, 9.17) is 0 Å². The lowest BCUT2D eigenvalue weighted by Crippen LogP contribution is -2.41. The van der Waals surface area contributed by atoms with Crippen molar-refractivity contribution in [1.82, 2.24) is 0 Å². The first-order valence-electron chi connectivity index (χ1n) is 6.18. The summed E-state index contributed by atoms with van der Waals surface area (Å²) in [5.74, 6) is 2.52. The molecule has 0 heterocycles. The van der Waals surface area contributed by atoms with Crippen LogP contribution in [-0.2, 0) is 0 Å². The van der Waals surface area contributed by atoms with Crippen LogP contribution in [0.15, 0.2) is 0 Å². The smallest absolute Gasteiger partial charge is 0.0670 e. The highest BCUT2D eigenvalue weighted by Gasteiger charge is 2.36. The normalized spacial score (nSPS) is 24.2. The molecule has 0 spiro atoms. The van der Waals surface area contributed by atoms with E-state index >= 15 is 0 Å². The van der Waals surface area contributed by atoms with Crippen LogP contribution in [0.5, 0.6) is 0 Å². The number of hydrogen-bond donors (Lipinski definition) is 1. The summed E-state index contributed by atoms with van der Waals surface area (Å²) in [5.41, 5.74) is -0.278. The predicted molar refractivity (Wildman–Crippen MR) is 61.2 cm³/mol. The van der Waals surface area contributed by atoms with E-state index in [9.17, 15) is 5.11 Å². The molecule has 0 amide bonds. The van der Waals surface area contributed by atoms with Crippen LogP contribution in [0.4, 0.5) is 0 Å². The van der Waals surface area contributed by atoms with Crippen molar-refractivity contribution in [1.29, 1.82) is 0 Å². The molecule has 2 aliphatic carbocycles.